The minimum atomic E-state index is 0.0257. The molecule has 4 nitrogen and oxygen atoms in total. The van der Waals surface area contributed by atoms with Crippen LogP contribution in [-0.2, 0) is 6.54 Å². The fourth-order valence-electron chi connectivity index (χ4n) is 2.66. The van der Waals surface area contributed by atoms with Gasteiger partial charge >= 0.3 is 0 Å². The van der Waals surface area contributed by atoms with Crippen molar-refractivity contribution in [2.24, 2.45) is 0 Å². The van der Waals surface area contributed by atoms with Crippen LogP contribution in [-0.4, -0.2) is 36.8 Å². The van der Waals surface area contributed by atoms with Gasteiger partial charge in [-0.05, 0) is 43.2 Å². The Bertz CT molecular complexity index is 737. The van der Waals surface area contributed by atoms with Crippen LogP contribution >= 0.6 is 0 Å². The summed E-state index contributed by atoms with van der Waals surface area (Å²) < 4.78 is 10.5. The lowest BCUT2D eigenvalue weighted by Crippen LogP contribution is -2.32. The highest BCUT2D eigenvalue weighted by Crippen LogP contribution is 2.37. The summed E-state index contributed by atoms with van der Waals surface area (Å²) in [6, 6.07) is 14.1. The van der Waals surface area contributed by atoms with Crippen LogP contribution in [0, 0.1) is 11.8 Å². The van der Waals surface area contributed by atoms with Gasteiger partial charge in [-0.1, -0.05) is 37.0 Å². The van der Waals surface area contributed by atoms with Crippen molar-refractivity contribution in [1.82, 2.24) is 4.90 Å². The lowest BCUT2D eigenvalue weighted by atomic mass is 10.1. The van der Waals surface area contributed by atoms with Crippen molar-refractivity contribution >= 4 is 0 Å². The Balaban J connectivity index is 2.19. The summed E-state index contributed by atoms with van der Waals surface area (Å²) in [4.78, 5) is 2.31. The van der Waals surface area contributed by atoms with Gasteiger partial charge < -0.3 is 14.6 Å². The molecule has 1 atom stereocenters. The summed E-state index contributed by atoms with van der Waals surface area (Å²) in [6.45, 7) is 5.72. The van der Waals surface area contributed by atoms with Gasteiger partial charge in [-0.3, -0.25) is 4.90 Å². The minimum Gasteiger partial charge on any atom is -0.502 e. The van der Waals surface area contributed by atoms with Gasteiger partial charge in [0.25, 0.3) is 0 Å². The molecule has 0 aromatic heterocycles. The SMILES string of the molecule is CCC(C)N(CC#Cc1ccccc1)Cc1cc(OC)c(O)c(OC)c1. The maximum atomic E-state index is 10.1. The number of phenolic OH excluding ortho intramolecular Hbond substituents is 1. The van der Waals surface area contributed by atoms with Crippen molar-refractivity contribution < 1.29 is 14.6 Å². The first-order valence-electron chi connectivity index (χ1n) is 8.80. The molecule has 0 aliphatic carbocycles. The number of benzene rings is 2. The normalized spacial score (nSPS) is 11.6. The molecule has 0 bridgehead atoms. The van der Waals surface area contributed by atoms with Gasteiger partial charge in [0.2, 0.25) is 5.75 Å². The Kier molecular flexibility index (Phi) is 7.37. The second-order valence-corrected chi connectivity index (χ2v) is 6.18. The van der Waals surface area contributed by atoms with Crippen molar-refractivity contribution in [3.63, 3.8) is 0 Å². The number of phenols is 1. The molecule has 0 saturated carbocycles. The summed E-state index contributed by atoms with van der Waals surface area (Å²) in [5, 5.41) is 10.1. The first kappa shape index (κ1) is 19.7. The number of rotatable bonds is 7. The van der Waals surface area contributed by atoms with E-state index in [-0.39, 0.29) is 5.75 Å². The highest BCUT2D eigenvalue weighted by atomic mass is 16.5. The average molecular weight is 353 g/mol. The zero-order valence-corrected chi connectivity index (χ0v) is 16.0. The predicted octanol–water partition coefficient (Wildman–Crippen LogP) is 4.06. The lowest BCUT2D eigenvalue weighted by molar-refractivity contribution is 0.220. The molecule has 0 saturated heterocycles. The standard InChI is InChI=1S/C22H27NO3/c1-5-17(2)23(13-9-12-18-10-7-6-8-11-18)16-19-14-20(25-3)22(24)21(15-19)26-4/h6-8,10-11,14-15,17,24H,5,13,16H2,1-4H3. The van der Waals surface area contributed by atoms with Crippen LogP contribution in [0.5, 0.6) is 17.2 Å². The number of aromatic hydroxyl groups is 1. The van der Waals surface area contributed by atoms with Crippen LogP contribution in [0.4, 0.5) is 0 Å². The molecule has 0 spiro atoms. The summed E-state index contributed by atoms with van der Waals surface area (Å²) in [5.74, 6) is 7.34. The zero-order chi connectivity index (χ0) is 18.9. The molecule has 1 N–H and O–H groups in total. The summed E-state index contributed by atoms with van der Waals surface area (Å²) in [6.07, 6.45) is 1.03. The Morgan fingerprint density at radius 2 is 1.69 bits per heavy atom. The minimum absolute atomic E-state index is 0.0257. The van der Waals surface area contributed by atoms with Crippen molar-refractivity contribution in [2.75, 3.05) is 20.8 Å². The Hall–Kier alpha value is -2.64. The van der Waals surface area contributed by atoms with Crippen LogP contribution in [0.3, 0.4) is 0 Å². The molecule has 26 heavy (non-hydrogen) atoms. The Morgan fingerprint density at radius 1 is 1.08 bits per heavy atom. The topological polar surface area (TPSA) is 41.9 Å². The molecule has 1 unspecified atom stereocenters. The molecule has 0 radical (unpaired) electrons. The fraction of sp³-hybridized carbons (Fsp3) is 0.364. The molecule has 2 aromatic carbocycles. The highest BCUT2D eigenvalue weighted by molar-refractivity contribution is 5.52. The van der Waals surface area contributed by atoms with Gasteiger partial charge in [0.15, 0.2) is 11.5 Å². The van der Waals surface area contributed by atoms with Gasteiger partial charge in [0, 0.05) is 18.2 Å². The summed E-state index contributed by atoms with van der Waals surface area (Å²) >= 11 is 0. The molecule has 2 aromatic rings. The first-order valence-corrected chi connectivity index (χ1v) is 8.80. The quantitative estimate of drug-likeness (QED) is 0.762. The number of methoxy groups -OCH3 is 2. The summed E-state index contributed by atoms with van der Waals surface area (Å²) in [7, 11) is 3.08. The molecule has 0 aliphatic rings. The largest absolute Gasteiger partial charge is 0.502 e. The first-order chi connectivity index (χ1) is 12.6. The van der Waals surface area contributed by atoms with Crippen molar-refractivity contribution in [3.8, 4) is 29.1 Å². The van der Waals surface area contributed by atoms with E-state index in [1.807, 2.05) is 42.5 Å². The van der Waals surface area contributed by atoms with Crippen LogP contribution < -0.4 is 9.47 Å². The Labute approximate surface area is 156 Å². The van der Waals surface area contributed by atoms with E-state index in [2.05, 4.69) is 30.6 Å². The van der Waals surface area contributed by atoms with Gasteiger partial charge in [0.1, 0.15) is 0 Å². The van der Waals surface area contributed by atoms with E-state index >= 15 is 0 Å². The molecule has 138 valence electrons. The lowest BCUT2D eigenvalue weighted by Gasteiger charge is -2.26. The maximum Gasteiger partial charge on any atom is 0.200 e. The van der Waals surface area contributed by atoms with Gasteiger partial charge in [-0.2, -0.15) is 0 Å². The molecular weight excluding hydrogens is 326 g/mol. The summed E-state index contributed by atoms with van der Waals surface area (Å²) in [5.41, 5.74) is 2.03. The number of hydrogen-bond acceptors (Lipinski definition) is 4. The van der Waals surface area contributed by atoms with Crippen LogP contribution in [0.2, 0.25) is 0 Å². The zero-order valence-electron chi connectivity index (χ0n) is 16.0. The third kappa shape index (κ3) is 5.18. The third-order valence-electron chi connectivity index (χ3n) is 4.43. The van der Waals surface area contributed by atoms with Crippen molar-refractivity contribution in [2.45, 2.75) is 32.9 Å². The van der Waals surface area contributed by atoms with Gasteiger partial charge in [0.05, 0.1) is 20.8 Å². The molecular formula is C22H27NO3. The molecule has 0 amide bonds. The van der Waals surface area contributed by atoms with Crippen LogP contribution in [0.1, 0.15) is 31.4 Å². The molecule has 4 heteroatoms. The van der Waals surface area contributed by atoms with Crippen molar-refractivity contribution in [3.05, 3.63) is 53.6 Å². The van der Waals surface area contributed by atoms with E-state index in [0.29, 0.717) is 30.6 Å². The second-order valence-electron chi connectivity index (χ2n) is 6.18. The smallest absolute Gasteiger partial charge is 0.200 e. The van der Waals surface area contributed by atoms with E-state index in [9.17, 15) is 5.11 Å². The van der Waals surface area contributed by atoms with Crippen molar-refractivity contribution in [1.29, 1.82) is 0 Å². The monoisotopic (exact) mass is 353 g/mol. The third-order valence-corrected chi connectivity index (χ3v) is 4.43. The number of hydrogen-bond donors (Lipinski definition) is 1. The molecule has 2 rings (SSSR count). The molecule has 0 heterocycles. The molecule has 0 aliphatic heterocycles. The van der Waals surface area contributed by atoms with Gasteiger partial charge in [-0.25, -0.2) is 0 Å². The van der Waals surface area contributed by atoms with E-state index in [1.165, 1.54) is 14.2 Å². The van der Waals surface area contributed by atoms with E-state index in [1.54, 1.807) is 0 Å². The average Bonchev–Trinajstić information content (AvgIpc) is 2.68. The van der Waals surface area contributed by atoms with E-state index in [4.69, 9.17) is 9.47 Å². The van der Waals surface area contributed by atoms with Crippen LogP contribution in [0.15, 0.2) is 42.5 Å². The fourth-order valence-corrected chi connectivity index (χ4v) is 2.66. The molecule has 0 fully saturated rings. The van der Waals surface area contributed by atoms with Crippen LogP contribution in [0.25, 0.3) is 0 Å². The second kappa shape index (κ2) is 9.74. The predicted molar refractivity (Wildman–Crippen MR) is 105 cm³/mol. The Morgan fingerprint density at radius 3 is 2.23 bits per heavy atom. The number of ether oxygens (including phenoxy) is 2. The van der Waals surface area contributed by atoms with Gasteiger partial charge in [-0.15, -0.1) is 0 Å². The number of nitrogens with zero attached hydrogens (tertiary/aromatic N) is 1. The van der Waals surface area contributed by atoms with E-state index in [0.717, 1.165) is 17.5 Å². The van der Waals surface area contributed by atoms with E-state index < -0.39 is 0 Å². The highest BCUT2D eigenvalue weighted by Gasteiger charge is 2.16. The maximum absolute atomic E-state index is 10.1.